The standard InChI is InChI=1S/C20H21N3O2S/c1-13(2)26-20-21-17-12-8-7-11-16(17)19(25)23(20)22-18(24)14(3)15-9-5-4-6-10-15/h4-14H,1-3H3,(H,22,24)/t14-/m1/s1. The molecule has 0 saturated carbocycles. The van der Waals surface area contributed by atoms with Crippen LogP contribution in [0.5, 0.6) is 0 Å². The fraction of sp³-hybridized carbons (Fsp3) is 0.250. The number of aromatic nitrogens is 2. The van der Waals surface area contributed by atoms with Crippen molar-refractivity contribution in [3.05, 3.63) is 70.5 Å². The van der Waals surface area contributed by atoms with Crippen LogP contribution in [0.2, 0.25) is 0 Å². The number of hydrogen-bond acceptors (Lipinski definition) is 4. The summed E-state index contributed by atoms with van der Waals surface area (Å²) < 4.78 is 1.27. The molecule has 26 heavy (non-hydrogen) atoms. The maximum absolute atomic E-state index is 12.9. The van der Waals surface area contributed by atoms with Gasteiger partial charge in [-0.1, -0.05) is 68.1 Å². The highest BCUT2D eigenvalue weighted by Crippen LogP contribution is 2.22. The number of nitrogens with zero attached hydrogens (tertiary/aromatic N) is 2. The Bertz CT molecular complexity index is 983. The SMILES string of the molecule is CC(C)Sc1nc2ccccc2c(=O)n1NC(=O)[C@H](C)c1ccccc1. The molecule has 0 aliphatic rings. The number of amides is 1. The van der Waals surface area contributed by atoms with Crippen LogP contribution >= 0.6 is 11.8 Å². The van der Waals surface area contributed by atoms with Crippen LogP contribution in [0.4, 0.5) is 0 Å². The van der Waals surface area contributed by atoms with Gasteiger partial charge in [0.25, 0.3) is 5.56 Å². The first kappa shape index (κ1) is 18.2. The predicted molar refractivity (Wildman–Crippen MR) is 106 cm³/mol. The van der Waals surface area contributed by atoms with E-state index in [0.29, 0.717) is 16.1 Å². The fourth-order valence-corrected chi connectivity index (χ4v) is 3.41. The van der Waals surface area contributed by atoms with Gasteiger partial charge in [-0.25, -0.2) is 4.98 Å². The minimum atomic E-state index is -0.383. The van der Waals surface area contributed by atoms with Gasteiger partial charge in [-0.2, -0.15) is 4.68 Å². The summed E-state index contributed by atoms with van der Waals surface area (Å²) in [7, 11) is 0. The zero-order chi connectivity index (χ0) is 18.7. The first-order valence-electron chi connectivity index (χ1n) is 8.51. The molecule has 1 N–H and O–H groups in total. The molecule has 134 valence electrons. The lowest BCUT2D eigenvalue weighted by Gasteiger charge is -2.17. The van der Waals surface area contributed by atoms with Crippen molar-refractivity contribution in [2.24, 2.45) is 0 Å². The van der Waals surface area contributed by atoms with E-state index in [9.17, 15) is 9.59 Å². The molecule has 0 unspecified atom stereocenters. The van der Waals surface area contributed by atoms with E-state index >= 15 is 0 Å². The highest BCUT2D eigenvalue weighted by atomic mass is 32.2. The lowest BCUT2D eigenvalue weighted by atomic mass is 10.0. The van der Waals surface area contributed by atoms with E-state index in [1.54, 1.807) is 18.2 Å². The molecule has 0 fully saturated rings. The first-order chi connectivity index (χ1) is 12.5. The van der Waals surface area contributed by atoms with Crippen LogP contribution in [-0.2, 0) is 4.79 Å². The average molecular weight is 367 g/mol. The molecule has 0 radical (unpaired) electrons. The Morgan fingerprint density at radius 3 is 2.38 bits per heavy atom. The first-order valence-corrected chi connectivity index (χ1v) is 9.39. The molecule has 5 nitrogen and oxygen atoms in total. The van der Waals surface area contributed by atoms with Gasteiger partial charge in [0.15, 0.2) is 5.16 Å². The Balaban J connectivity index is 2.01. The van der Waals surface area contributed by atoms with Crippen molar-refractivity contribution in [2.45, 2.75) is 37.1 Å². The van der Waals surface area contributed by atoms with Gasteiger partial charge in [-0.15, -0.1) is 0 Å². The summed E-state index contributed by atoms with van der Waals surface area (Å²) >= 11 is 1.44. The third-order valence-electron chi connectivity index (χ3n) is 4.00. The number of carbonyl (C=O) groups is 1. The van der Waals surface area contributed by atoms with Crippen LogP contribution in [0.25, 0.3) is 10.9 Å². The highest BCUT2D eigenvalue weighted by molar-refractivity contribution is 7.99. The number of carbonyl (C=O) groups excluding carboxylic acids is 1. The van der Waals surface area contributed by atoms with E-state index < -0.39 is 0 Å². The number of para-hydroxylation sites is 1. The fourth-order valence-electron chi connectivity index (χ4n) is 2.60. The van der Waals surface area contributed by atoms with Gasteiger partial charge < -0.3 is 0 Å². The van der Waals surface area contributed by atoms with Crippen molar-refractivity contribution < 1.29 is 4.79 Å². The molecule has 3 rings (SSSR count). The van der Waals surface area contributed by atoms with Crippen molar-refractivity contribution in [1.29, 1.82) is 0 Å². The Hall–Kier alpha value is -2.60. The van der Waals surface area contributed by atoms with Crippen LogP contribution in [0.3, 0.4) is 0 Å². The zero-order valence-electron chi connectivity index (χ0n) is 15.0. The summed E-state index contributed by atoms with van der Waals surface area (Å²) in [5.41, 5.74) is 4.01. The maximum atomic E-state index is 12.9. The van der Waals surface area contributed by atoms with Gasteiger partial charge in [0.2, 0.25) is 5.91 Å². The minimum absolute atomic E-state index is 0.220. The van der Waals surface area contributed by atoms with Gasteiger partial charge in [-0.3, -0.25) is 15.0 Å². The lowest BCUT2D eigenvalue weighted by molar-refractivity contribution is -0.118. The molecule has 0 aliphatic carbocycles. The minimum Gasteiger partial charge on any atom is -0.273 e. The number of benzene rings is 2. The van der Waals surface area contributed by atoms with Crippen molar-refractivity contribution >= 4 is 28.6 Å². The van der Waals surface area contributed by atoms with Crippen molar-refractivity contribution in [2.75, 3.05) is 5.43 Å². The molecule has 1 aromatic heterocycles. The van der Waals surface area contributed by atoms with E-state index in [-0.39, 0.29) is 22.6 Å². The molecule has 3 aromatic rings. The van der Waals surface area contributed by atoms with Crippen LogP contribution < -0.4 is 11.0 Å². The van der Waals surface area contributed by atoms with Crippen LogP contribution in [0.15, 0.2) is 64.5 Å². The number of hydrogen-bond donors (Lipinski definition) is 1. The van der Waals surface area contributed by atoms with Crippen LogP contribution in [0, 0.1) is 0 Å². The summed E-state index contributed by atoms with van der Waals surface area (Å²) in [5, 5.41) is 1.18. The molecular formula is C20H21N3O2S. The summed E-state index contributed by atoms with van der Waals surface area (Å²) in [6.45, 7) is 5.86. The third-order valence-corrected chi connectivity index (χ3v) is 4.96. The van der Waals surface area contributed by atoms with Gasteiger partial charge in [0, 0.05) is 5.25 Å². The van der Waals surface area contributed by atoms with E-state index in [4.69, 9.17) is 0 Å². The van der Waals surface area contributed by atoms with E-state index in [1.165, 1.54) is 16.4 Å². The van der Waals surface area contributed by atoms with E-state index in [2.05, 4.69) is 10.4 Å². The average Bonchev–Trinajstić information content (AvgIpc) is 2.64. The highest BCUT2D eigenvalue weighted by Gasteiger charge is 2.19. The van der Waals surface area contributed by atoms with E-state index in [1.807, 2.05) is 57.2 Å². The van der Waals surface area contributed by atoms with Crippen molar-refractivity contribution in [3.63, 3.8) is 0 Å². The van der Waals surface area contributed by atoms with Crippen molar-refractivity contribution in [3.8, 4) is 0 Å². The molecule has 0 saturated heterocycles. The molecule has 1 amide bonds. The normalized spacial score (nSPS) is 12.3. The topological polar surface area (TPSA) is 64.0 Å². The third kappa shape index (κ3) is 3.80. The summed E-state index contributed by atoms with van der Waals surface area (Å²) in [5.74, 6) is -0.632. The molecule has 1 atom stereocenters. The summed E-state index contributed by atoms with van der Waals surface area (Å²) in [4.78, 5) is 30.2. The molecule has 2 aromatic carbocycles. The maximum Gasteiger partial charge on any atom is 0.281 e. The molecular weight excluding hydrogens is 346 g/mol. The molecule has 0 bridgehead atoms. The largest absolute Gasteiger partial charge is 0.281 e. The second-order valence-electron chi connectivity index (χ2n) is 6.33. The van der Waals surface area contributed by atoms with Gasteiger partial charge in [0.1, 0.15) is 0 Å². The number of thioether (sulfide) groups is 1. The number of fused-ring (bicyclic) bond motifs is 1. The monoisotopic (exact) mass is 367 g/mol. The molecule has 6 heteroatoms. The summed E-state index contributed by atoms with van der Waals surface area (Å²) in [6.07, 6.45) is 0. The quantitative estimate of drug-likeness (QED) is 0.551. The molecule has 1 heterocycles. The van der Waals surface area contributed by atoms with Crippen LogP contribution in [0.1, 0.15) is 32.3 Å². The smallest absolute Gasteiger partial charge is 0.273 e. The predicted octanol–water partition coefficient (Wildman–Crippen LogP) is 3.77. The Kier molecular flexibility index (Phi) is 5.42. The Morgan fingerprint density at radius 1 is 1.04 bits per heavy atom. The number of rotatable bonds is 5. The van der Waals surface area contributed by atoms with Crippen molar-refractivity contribution in [1.82, 2.24) is 9.66 Å². The van der Waals surface area contributed by atoms with Crippen LogP contribution in [-0.4, -0.2) is 20.8 Å². The Morgan fingerprint density at radius 2 is 1.69 bits per heavy atom. The second-order valence-corrected chi connectivity index (χ2v) is 7.87. The lowest BCUT2D eigenvalue weighted by Crippen LogP contribution is -2.37. The van der Waals surface area contributed by atoms with Gasteiger partial charge >= 0.3 is 0 Å². The molecule has 0 aliphatic heterocycles. The summed E-state index contributed by atoms with van der Waals surface area (Å²) in [6, 6.07) is 16.6. The van der Waals surface area contributed by atoms with Gasteiger partial charge in [-0.05, 0) is 24.6 Å². The second kappa shape index (κ2) is 7.74. The molecule has 0 spiro atoms. The van der Waals surface area contributed by atoms with E-state index in [0.717, 1.165) is 5.56 Å². The number of nitrogens with one attached hydrogen (secondary N) is 1. The zero-order valence-corrected chi connectivity index (χ0v) is 15.8. The van der Waals surface area contributed by atoms with Gasteiger partial charge in [0.05, 0.1) is 16.8 Å². The Labute approximate surface area is 156 Å².